The van der Waals surface area contributed by atoms with E-state index in [1.807, 2.05) is 25.1 Å². The van der Waals surface area contributed by atoms with E-state index >= 15 is 0 Å². The molecular weight excluding hydrogens is 216 g/mol. The van der Waals surface area contributed by atoms with Crippen LogP contribution in [0.1, 0.15) is 44.2 Å². The van der Waals surface area contributed by atoms with Gasteiger partial charge in [-0.1, -0.05) is 26.0 Å². The standard InChI is InChI=1S/C14H20O3/c1-9(2)12-6-5-10(3)7-13(12)17-11(4)8-14(15)16/h5-7,9,11H,8H2,1-4H3,(H,15,16)/t11-/m1/s1. The summed E-state index contributed by atoms with van der Waals surface area (Å²) < 4.78 is 5.72. The number of carbonyl (C=O) groups is 1. The lowest BCUT2D eigenvalue weighted by Gasteiger charge is -2.18. The van der Waals surface area contributed by atoms with E-state index in [4.69, 9.17) is 9.84 Å². The van der Waals surface area contributed by atoms with Crippen LogP contribution < -0.4 is 4.74 Å². The topological polar surface area (TPSA) is 46.5 Å². The summed E-state index contributed by atoms with van der Waals surface area (Å²) in [6.45, 7) is 7.97. The third-order valence-corrected chi connectivity index (χ3v) is 2.58. The fraction of sp³-hybridized carbons (Fsp3) is 0.500. The molecule has 0 spiro atoms. The molecule has 17 heavy (non-hydrogen) atoms. The van der Waals surface area contributed by atoms with Crippen molar-refractivity contribution in [3.8, 4) is 5.75 Å². The van der Waals surface area contributed by atoms with Gasteiger partial charge < -0.3 is 9.84 Å². The Balaban J connectivity index is 2.88. The molecule has 0 aliphatic carbocycles. The molecule has 1 aromatic rings. The number of carboxylic acids is 1. The largest absolute Gasteiger partial charge is 0.490 e. The van der Waals surface area contributed by atoms with E-state index in [9.17, 15) is 4.79 Å². The molecule has 0 bridgehead atoms. The van der Waals surface area contributed by atoms with Crippen molar-refractivity contribution < 1.29 is 14.6 Å². The Bertz CT molecular complexity index is 396. The van der Waals surface area contributed by atoms with Crippen LogP contribution in [-0.2, 0) is 4.79 Å². The molecule has 0 saturated heterocycles. The average molecular weight is 236 g/mol. The first kappa shape index (κ1) is 13.6. The molecule has 0 aliphatic rings. The van der Waals surface area contributed by atoms with E-state index in [0.717, 1.165) is 16.9 Å². The number of ether oxygens (including phenoxy) is 1. The average Bonchev–Trinajstić information content (AvgIpc) is 2.15. The fourth-order valence-corrected chi connectivity index (χ4v) is 1.72. The van der Waals surface area contributed by atoms with Crippen LogP contribution in [0.3, 0.4) is 0 Å². The van der Waals surface area contributed by atoms with E-state index in [0.29, 0.717) is 5.92 Å². The van der Waals surface area contributed by atoms with Crippen molar-refractivity contribution in [2.75, 3.05) is 0 Å². The molecule has 0 amide bonds. The second-order valence-electron chi connectivity index (χ2n) is 4.72. The normalized spacial score (nSPS) is 12.5. The van der Waals surface area contributed by atoms with Crippen molar-refractivity contribution in [2.45, 2.75) is 46.1 Å². The van der Waals surface area contributed by atoms with Crippen molar-refractivity contribution in [1.82, 2.24) is 0 Å². The van der Waals surface area contributed by atoms with Crippen LogP contribution in [0.2, 0.25) is 0 Å². The number of aryl methyl sites for hydroxylation is 1. The Morgan fingerprint density at radius 3 is 2.53 bits per heavy atom. The molecule has 0 unspecified atom stereocenters. The highest BCUT2D eigenvalue weighted by Gasteiger charge is 2.13. The predicted octanol–water partition coefficient (Wildman–Crippen LogP) is 3.36. The molecule has 1 aromatic carbocycles. The minimum Gasteiger partial charge on any atom is -0.490 e. The Kier molecular flexibility index (Phi) is 4.55. The van der Waals surface area contributed by atoms with Crippen LogP contribution in [0.25, 0.3) is 0 Å². The lowest BCUT2D eigenvalue weighted by molar-refractivity contribution is -0.138. The van der Waals surface area contributed by atoms with Gasteiger partial charge in [-0.3, -0.25) is 4.79 Å². The SMILES string of the molecule is Cc1ccc(C(C)C)c(O[C@H](C)CC(=O)O)c1. The number of benzene rings is 1. The minimum absolute atomic E-state index is 0.0193. The van der Waals surface area contributed by atoms with Crippen LogP contribution in [0.4, 0.5) is 0 Å². The van der Waals surface area contributed by atoms with Gasteiger partial charge in [-0.25, -0.2) is 0 Å². The van der Waals surface area contributed by atoms with Crippen LogP contribution >= 0.6 is 0 Å². The molecule has 3 heteroatoms. The lowest BCUT2D eigenvalue weighted by atomic mass is 10.0. The number of rotatable bonds is 5. The number of carboxylic acid groups (broad SMARTS) is 1. The zero-order valence-corrected chi connectivity index (χ0v) is 10.9. The maximum absolute atomic E-state index is 10.6. The van der Waals surface area contributed by atoms with Crippen molar-refractivity contribution in [2.24, 2.45) is 0 Å². The Morgan fingerprint density at radius 2 is 2.00 bits per heavy atom. The maximum atomic E-state index is 10.6. The molecule has 0 saturated carbocycles. The summed E-state index contributed by atoms with van der Waals surface area (Å²) >= 11 is 0. The summed E-state index contributed by atoms with van der Waals surface area (Å²) in [5.74, 6) is 0.327. The van der Waals surface area contributed by atoms with Crippen molar-refractivity contribution in [3.05, 3.63) is 29.3 Å². The third kappa shape index (κ3) is 4.10. The van der Waals surface area contributed by atoms with Gasteiger partial charge in [0.15, 0.2) is 0 Å². The Labute approximate surface area is 102 Å². The van der Waals surface area contributed by atoms with Gasteiger partial charge in [0.1, 0.15) is 11.9 Å². The molecule has 0 heterocycles. The second kappa shape index (κ2) is 5.71. The first-order valence-corrected chi connectivity index (χ1v) is 5.89. The van der Waals surface area contributed by atoms with Crippen molar-refractivity contribution in [3.63, 3.8) is 0 Å². The van der Waals surface area contributed by atoms with E-state index in [1.54, 1.807) is 6.92 Å². The molecule has 0 radical (unpaired) electrons. The molecule has 1 N–H and O–H groups in total. The number of aliphatic carboxylic acids is 1. The summed E-state index contributed by atoms with van der Waals surface area (Å²) in [5.41, 5.74) is 2.24. The van der Waals surface area contributed by atoms with Gasteiger partial charge in [-0.2, -0.15) is 0 Å². The van der Waals surface area contributed by atoms with Gasteiger partial charge >= 0.3 is 5.97 Å². The molecule has 0 aromatic heterocycles. The Hall–Kier alpha value is -1.51. The summed E-state index contributed by atoms with van der Waals surface area (Å²) in [6.07, 6.45) is -0.294. The molecule has 3 nitrogen and oxygen atoms in total. The highest BCUT2D eigenvalue weighted by atomic mass is 16.5. The summed E-state index contributed by atoms with van der Waals surface area (Å²) in [6, 6.07) is 6.06. The molecule has 1 rings (SSSR count). The summed E-state index contributed by atoms with van der Waals surface area (Å²) in [4.78, 5) is 10.6. The highest BCUT2D eigenvalue weighted by Crippen LogP contribution is 2.28. The van der Waals surface area contributed by atoms with Gasteiger partial charge in [0.25, 0.3) is 0 Å². The number of hydrogen-bond acceptors (Lipinski definition) is 2. The van der Waals surface area contributed by atoms with Gasteiger partial charge in [-0.15, -0.1) is 0 Å². The predicted molar refractivity (Wildman–Crippen MR) is 67.6 cm³/mol. The molecule has 1 atom stereocenters. The van der Waals surface area contributed by atoms with E-state index in [-0.39, 0.29) is 12.5 Å². The monoisotopic (exact) mass is 236 g/mol. The maximum Gasteiger partial charge on any atom is 0.307 e. The quantitative estimate of drug-likeness (QED) is 0.852. The smallest absolute Gasteiger partial charge is 0.307 e. The van der Waals surface area contributed by atoms with Crippen molar-refractivity contribution >= 4 is 5.97 Å². The van der Waals surface area contributed by atoms with E-state index in [1.165, 1.54) is 0 Å². The summed E-state index contributed by atoms with van der Waals surface area (Å²) in [7, 11) is 0. The van der Waals surface area contributed by atoms with Gasteiger partial charge in [-0.05, 0) is 37.0 Å². The fourth-order valence-electron chi connectivity index (χ4n) is 1.72. The summed E-state index contributed by atoms with van der Waals surface area (Å²) in [5, 5.41) is 8.71. The first-order chi connectivity index (χ1) is 7.90. The Morgan fingerprint density at radius 1 is 1.35 bits per heavy atom. The van der Waals surface area contributed by atoms with Crippen LogP contribution in [0.15, 0.2) is 18.2 Å². The molecular formula is C14H20O3. The van der Waals surface area contributed by atoms with Gasteiger partial charge in [0, 0.05) is 0 Å². The zero-order chi connectivity index (χ0) is 13.0. The van der Waals surface area contributed by atoms with Crippen LogP contribution in [0.5, 0.6) is 5.75 Å². The lowest BCUT2D eigenvalue weighted by Crippen LogP contribution is -2.17. The van der Waals surface area contributed by atoms with Gasteiger partial charge in [0.2, 0.25) is 0 Å². The van der Waals surface area contributed by atoms with E-state index in [2.05, 4.69) is 13.8 Å². The molecule has 0 aliphatic heterocycles. The van der Waals surface area contributed by atoms with Gasteiger partial charge in [0.05, 0.1) is 6.42 Å². The van der Waals surface area contributed by atoms with Crippen molar-refractivity contribution in [1.29, 1.82) is 0 Å². The third-order valence-electron chi connectivity index (χ3n) is 2.58. The number of hydrogen-bond donors (Lipinski definition) is 1. The second-order valence-corrected chi connectivity index (χ2v) is 4.72. The zero-order valence-electron chi connectivity index (χ0n) is 10.9. The highest BCUT2D eigenvalue weighted by molar-refractivity contribution is 5.67. The molecule has 94 valence electrons. The first-order valence-electron chi connectivity index (χ1n) is 5.89. The van der Waals surface area contributed by atoms with E-state index < -0.39 is 5.97 Å². The molecule has 0 fully saturated rings. The van der Waals surface area contributed by atoms with Crippen LogP contribution in [-0.4, -0.2) is 17.2 Å². The van der Waals surface area contributed by atoms with Crippen LogP contribution in [0, 0.1) is 6.92 Å². The minimum atomic E-state index is -0.837.